The average Bonchev–Trinajstić information content (AvgIpc) is 2.86. The molecule has 7 heteroatoms. The Morgan fingerprint density at radius 3 is 2.71 bits per heavy atom. The van der Waals surface area contributed by atoms with Gasteiger partial charge in [0.1, 0.15) is 5.82 Å². The van der Waals surface area contributed by atoms with Crippen LogP contribution >= 0.6 is 0 Å². The number of alkyl halides is 3. The van der Waals surface area contributed by atoms with Gasteiger partial charge in [-0.3, -0.25) is 4.57 Å². The molecule has 114 valence electrons. The van der Waals surface area contributed by atoms with E-state index in [9.17, 15) is 17.6 Å². The number of hydrogen-bond acceptors (Lipinski definition) is 2. The van der Waals surface area contributed by atoms with Gasteiger partial charge >= 0.3 is 6.18 Å². The van der Waals surface area contributed by atoms with Crippen LogP contribution in [0.4, 0.5) is 23.5 Å². The van der Waals surface area contributed by atoms with Crippen LogP contribution in [0, 0.1) is 5.82 Å². The molecule has 0 aliphatic carbocycles. The summed E-state index contributed by atoms with van der Waals surface area (Å²) in [4.78, 5) is 4.00. The number of rotatable bonds is 5. The first-order chi connectivity index (χ1) is 9.93. The van der Waals surface area contributed by atoms with E-state index in [1.165, 1.54) is 17.0 Å². The van der Waals surface area contributed by atoms with Gasteiger partial charge in [0.05, 0.1) is 11.3 Å². The van der Waals surface area contributed by atoms with Gasteiger partial charge in [-0.1, -0.05) is 13.3 Å². The van der Waals surface area contributed by atoms with Gasteiger partial charge < -0.3 is 5.32 Å². The Kier molecular flexibility index (Phi) is 4.50. The molecule has 0 unspecified atom stereocenters. The second-order valence-electron chi connectivity index (χ2n) is 4.57. The molecule has 0 fully saturated rings. The second kappa shape index (κ2) is 6.15. The first-order valence-corrected chi connectivity index (χ1v) is 6.58. The predicted octanol–water partition coefficient (Wildman–Crippen LogP) is 4.24. The minimum atomic E-state index is -4.52. The summed E-state index contributed by atoms with van der Waals surface area (Å²) in [6, 6.07) is 2.32. The predicted molar refractivity (Wildman–Crippen MR) is 71.9 cm³/mol. The number of unbranched alkanes of at least 4 members (excludes halogenated alkanes) is 1. The third kappa shape index (κ3) is 3.53. The van der Waals surface area contributed by atoms with Crippen LogP contribution in [-0.4, -0.2) is 16.1 Å². The average molecular weight is 301 g/mol. The molecule has 0 saturated carbocycles. The maximum Gasteiger partial charge on any atom is 0.416 e. The maximum absolute atomic E-state index is 13.8. The molecule has 2 aromatic rings. The molecule has 0 bridgehead atoms. The van der Waals surface area contributed by atoms with Crippen LogP contribution in [0.15, 0.2) is 30.6 Å². The van der Waals surface area contributed by atoms with Crippen LogP contribution in [0.2, 0.25) is 0 Å². The molecule has 1 aromatic heterocycles. The van der Waals surface area contributed by atoms with E-state index in [4.69, 9.17) is 0 Å². The fourth-order valence-corrected chi connectivity index (χ4v) is 1.88. The summed E-state index contributed by atoms with van der Waals surface area (Å²) in [7, 11) is 0. The molecule has 0 aliphatic heterocycles. The third-order valence-electron chi connectivity index (χ3n) is 2.99. The summed E-state index contributed by atoms with van der Waals surface area (Å²) in [5.74, 6) is -0.416. The van der Waals surface area contributed by atoms with Crippen molar-refractivity contribution >= 4 is 5.95 Å². The Morgan fingerprint density at radius 1 is 1.29 bits per heavy atom. The van der Waals surface area contributed by atoms with Crippen molar-refractivity contribution in [3.05, 3.63) is 42.0 Å². The number of nitrogens with zero attached hydrogens (tertiary/aromatic N) is 2. The highest BCUT2D eigenvalue weighted by Crippen LogP contribution is 2.31. The lowest BCUT2D eigenvalue weighted by Crippen LogP contribution is -2.10. The molecular formula is C14H15F4N3. The zero-order chi connectivity index (χ0) is 15.5. The highest BCUT2D eigenvalue weighted by Gasteiger charge is 2.31. The Hall–Kier alpha value is -2.05. The molecule has 0 aliphatic rings. The summed E-state index contributed by atoms with van der Waals surface area (Å²) in [6.45, 7) is 2.63. The number of aromatic nitrogens is 2. The molecular weight excluding hydrogens is 286 g/mol. The second-order valence-corrected chi connectivity index (χ2v) is 4.57. The molecule has 3 nitrogen and oxygen atoms in total. The van der Waals surface area contributed by atoms with E-state index in [-0.39, 0.29) is 5.69 Å². The number of hydrogen-bond donors (Lipinski definition) is 1. The van der Waals surface area contributed by atoms with Gasteiger partial charge in [-0.25, -0.2) is 9.37 Å². The molecule has 21 heavy (non-hydrogen) atoms. The summed E-state index contributed by atoms with van der Waals surface area (Å²) in [5.41, 5.74) is -1.08. The van der Waals surface area contributed by atoms with Gasteiger partial charge in [-0.2, -0.15) is 13.2 Å². The maximum atomic E-state index is 13.8. The Labute approximate surface area is 119 Å². The van der Waals surface area contributed by atoms with Gasteiger partial charge in [-0.15, -0.1) is 0 Å². The van der Waals surface area contributed by atoms with Crippen LogP contribution in [-0.2, 0) is 6.18 Å². The van der Waals surface area contributed by atoms with Crippen LogP contribution in [0.25, 0.3) is 5.69 Å². The van der Waals surface area contributed by atoms with Crippen molar-refractivity contribution in [3.63, 3.8) is 0 Å². The lowest BCUT2D eigenvalue weighted by atomic mass is 10.2. The monoisotopic (exact) mass is 301 g/mol. The van der Waals surface area contributed by atoms with E-state index in [1.54, 1.807) is 0 Å². The number of halogens is 4. The first-order valence-electron chi connectivity index (χ1n) is 6.58. The van der Waals surface area contributed by atoms with Gasteiger partial charge in [-0.05, 0) is 24.6 Å². The number of benzene rings is 1. The van der Waals surface area contributed by atoms with Crippen molar-refractivity contribution in [2.45, 2.75) is 25.9 Å². The standard InChI is InChI=1S/C14H15F4N3/c1-2-3-6-19-13-20-7-8-21(13)12-9-10(14(16,17)18)4-5-11(12)15/h4-5,7-9H,2-3,6H2,1H3,(H,19,20). The Balaban J connectivity index is 2.36. The summed E-state index contributed by atoms with van der Waals surface area (Å²) >= 11 is 0. The number of anilines is 1. The number of nitrogens with one attached hydrogen (secondary N) is 1. The summed E-state index contributed by atoms with van der Waals surface area (Å²) in [5, 5.41) is 2.98. The molecule has 1 heterocycles. The third-order valence-corrected chi connectivity index (χ3v) is 2.99. The molecule has 0 atom stereocenters. The minimum Gasteiger partial charge on any atom is -0.355 e. The topological polar surface area (TPSA) is 29.9 Å². The molecule has 0 spiro atoms. The highest BCUT2D eigenvalue weighted by atomic mass is 19.4. The Bertz CT molecular complexity index is 605. The zero-order valence-electron chi connectivity index (χ0n) is 11.4. The zero-order valence-corrected chi connectivity index (χ0v) is 11.4. The van der Waals surface area contributed by atoms with Crippen molar-refractivity contribution in [2.24, 2.45) is 0 Å². The van der Waals surface area contributed by atoms with Crippen LogP contribution in [0.5, 0.6) is 0 Å². The minimum absolute atomic E-state index is 0.179. The fraction of sp³-hybridized carbons (Fsp3) is 0.357. The highest BCUT2D eigenvalue weighted by molar-refractivity contribution is 5.45. The largest absolute Gasteiger partial charge is 0.416 e. The lowest BCUT2D eigenvalue weighted by molar-refractivity contribution is -0.137. The summed E-state index contributed by atoms with van der Waals surface area (Å²) in [6.07, 6.45) is 0.170. The van der Waals surface area contributed by atoms with Gasteiger partial charge in [0.25, 0.3) is 0 Å². The fourth-order valence-electron chi connectivity index (χ4n) is 1.88. The summed E-state index contributed by atoms with van der Waals surface area (Å²) < 4.78 is 53.3. The van der Waals surface area contributed by atoms with Gasteiger partial charge in [0.15, 0.2) is 0 Å². The first kappa shape index (κ1) is 15.3. The number of imidazole rings is 1. The lowest BCUT2D eigenvalue weighted by Gasteiger charge is -2.13. The van der Waals surface area contributed by atoms with Crippen molar-refractivity contribution in [3.8, 4) is 5.69 Å². The van der Waals surface area contributed by atoms with Crippen molar-refractivity contribution in [1.82, 2.24) is 9.55 Å². The van der Waals surface area contributed by atoms with Crippen molar-refractivity contribution in [2.75, 3.05) is 11.9 Å². The molecule has 0 amide bonds. The van der Waals surface area contributed by atoms with E-state index in [0.717, 1.165) is 31.0 Å². The molecule has 0 radical (unpaired) electrons. The molecule has 2 rings (SSSR count). The van der Waals surface area contributed by atoms with Crippen LogP contribution in [0.1, 0.15) is 25.3 Å². The van der Waals surface area contributed by atoms with Crippen LogP contribution in [0.3, 0.4) is 0 Å². The molecule has 1 N–H and O–H groups in total. The van der Waals surface area contributed by atoms with Crippen molar-refractivity contribution < 1.29 is 17.6 Å². The van der Waals surface area contributed by atoms with E-state index in [2.05, 4.69) is 10.3 Å². The smallest absolute Gasteiger partial charge is 0.355 e. The van der Waals surface area contributed by atoms with Gasteiger partial charge in [0, 0.05) is 18.9 Å². The van der Waals surface area contributed by atoms with E-state index < -0.39 is 17.6 Å². The SMILES string of the molecule is CCCCNc1nccn1-c1cc(C(F)(F)F)ccc1F. The van der Waals surface area contributed by atoms with Crippen molar-refractivity contribution in [1.29, 1.82) is 0 Å². The van der Waals surface area contributed by atoms with Crippen LogP contribution < -0.4 is 5.32 Å². The molecule has 1 aromatic carbocycles. The van der Waals surface area contributed by atoms with E-state index >= 15 is 0 Å². The molecule has 0 saturated heterocycles. The Morgan fingerprint density at radius 2 is 2.05 bits per heavy atom. The van der Waals surface area contributed by atoms with E-state index in [0.29, 0.717) is 12.5 Å². The van der Waals surface area contributed by atoms with Gasteiger partial charge in [0.2, 0.25) is 5.95 Å². The quantitative estimate of drug-likeness (QED) is 0.661. The normalized spacial score (nSPS) is 11.7. The van der Waals surface area contributed by atoms with E-state index in [1.807, 2.05) is 6.92 Å².